The lowest BCUT2D eigenvalue weighted by Crippen LogP contribution is -2.31. The first-order chi connectivity index (χ1) is 12.7. The van der Waals surface area contributed by atoms with E-state index >= 15 is 0 Å². The first-order valence-corrected chi connectivity index (χ1v) is 10.7. The summed E-state index contributed by atoms with van der Waals surface area (Å²) in [5, 5.41) is 1.98. The Morgan fingerprint density at radius 2 is 1.89 bits per heavy atom. The zero-order chi connectivity index (χ0) is 19.8. The average molecular weight is 425 g/mol. The molecule has 27 heavy (non-hydrogen) atoms. The molecule has 0 aliphatic heterocycles. The molecule has 0 bridgehead atoms. The van der Waals surface area contributed by atoms with Crippen molar-refractivity contribution in [1.82, 2.24) is 9.71 Å². The van der Waals surface area contributed by atoms with Gasteiger partial charge in [0.1, 0.15) is 0 Å². The van der Waals surface area contributed by atoms with Crippen LogP contribution in [0.25, 0.3) is 10.9 Å². The lowest BCUT2D eigenvalue weighted by Gasteiger charge is -2.07. The fourth-order valence-corrected chi connectivity index (χ4v) is 3.90. The predicted molar refractivity (Wildman–Crippen MR) is 109 cm³/mol. The first kappa shape index (κ1) is 19.7. The van der Waals surface area contributed by atoms with Crippen LogP contribution in [0.2, 0.25) is 10.0 Å². The van der Waals surface area contributed by atoms with Crippen LogP contribution in [0.4, 0.5) is 0 Å². The van der Waals surface area contributed by atoms with Crippen molar-refractivity contribution in [2.75, 3.05) is 5.75 Å². The highest BCUT2D eigenvalue weighted by atomic mass is 35.5. The van der Waals surface area contributed by atoms with Gasteiger partial charge in [-0.15, -0.1) is 0 Å². The van der Waals surface area contributed by atoms with Gasteiger partial charge in [0.15, 0.2) is 0 Å². The summed E-state index contributed by atoms with van der Waals surface area (Å²) in [4.78, 5) is 15.6. The lowest BCUT2D eigenvalue weighted by atomic mass is 10.0. The summed E-state index contributed by atoms with van der Waals surface area (Å²) in [6.07, 6.45) is 0.556. The number of halogens is 2. The van der Waals surface area contributed by atoms with E-state index in [2.05, 4.69) is 9.71 Å². The number of rotatable bonds is 5. The van der Waals surface area contributed by atoms with Crippen LogP contribution in [0.5, 0.6) is 0 Å². The fourth-order valence-electron chi connectivity index (χ4n) is 2.88. The van der Waals surface area contributed by atoms with Gasteiger partial charge in [-0.05, 0) is 55.3 Å². The summed E-state index contributed by atoms with van der Waals surface area (Å²) in [7, 11) is -3.62. The van der Waals surface area contributed by atoms with Crippen molar-refractivity contribution >= 4 is 50.0 Å². The molecule has 3 rings (SSSR count). The molecule has 0 aliphatic rings. The van der Waals surface area contributed by atoms with Crippen LogP contribution in [0.1, 0.15) is 34.1 Å². The SMILES string of the molecule is CCS(=O)(=O)NC(=O)c1ccc2[nH]c(C)c(Cc3ccc(Cl)cc3Cl)c2c1. The van der Waals surface area contributed by atoms with Crippen LogP contribution in [0.15, 0.2) is 36.4 Å². The van der Waals surface area contributed by atoms with Crippen molar-refractivity contribution in [3.8, 4) is 0 Å². The van der Waals surface area contributed by atoms with Crippen LogP contribution in [0.3, 0.4) is 0 Å². The number of amides is 1. The van der Waals surface area contributed by atoms with E-state index in [9.17, 15) is 13.2 Å². The molecule has 2 aromatic carbocycles. The van der Waals surface area contributed by atoms with E-state index in [4.69, 9.17) is 23.2 Å². The van der Waals surface area contributed by atoms with E-state index in [1.807, 2.05) is 13.0 Å². The maximum Gasteiger partial charge on any atom is 0.264 e. The molecule has 5 nitrogen and oxygen atoms in total. The second-order valence-corrected chi connectivity index (χ2v) is 9.09. The van der Waals surface area contributed by atoms with E-state index in [1.165, 1.54) is 6.92 Å². The summed E-state index contributed by atoms with van der Waals surface area (Å²) in [5.41, 5.74) is 4.00. The molecule has 0 radical (unpaired) electrons. The van der Waals surface area contributed by atoms with Crippen LogP contribution in [-0.4, -0.2) is 25.1 Å². The molecule has 142 valence electrons. The molecule has 0 unspecified atom stereocenters. The van der Waals surface area contributed by atoms with Crippen molar-refractivity contribution in [3.63, 3.8) is 0 Å². The molecular weight excluding hydrogens is 407 g/mol. The normalized spacial score (nSPS) is 11.7. The number of carbonyl (C=O) groups excluding carboxylic acids is 1. The highest BCUT2D eigenvalue weighted by molar-refractivity contribution is 7.90. The number of sulfonamides is 1. The van der Waals surface area contributed by atoms with Crippen molar-refractivity contribution in [1.29, 1.82) is 0 Å². The molecule has 0 spiro atoms. The Bertz CT molecular complexity index is 1140. The number of benzene rings is 2. The third-order valence-corrected chi connectivity index (χ3v) is 6.24. The van der Waals surface area contributed by atoms with Crippen LogP contribution >= 0.6 is 23.2 Å². The molecule has 0 saturated heterocycles. The standard InChI is InChI=1S/C19H18Cl2N2O3S/c1-3-27(25,26)23-19(24)13-5-7-18-16(9-13)15(11(2)22-18)8-12-4-6-14(20)10-17(12)21/h4-7,9-10,22H,3,8H2,1-2H3,(H,23,24). The van der Waals surface area contributed by atoms with Gasteiger partial charge in [0.25, 0.3) is 5.91 Å². The summed E-state index contributed by atoms with van der Waals surface area (Å²) in [5.74, 6) is -0.807. The molecule has 0 fully saturated rings. The number of aromatic amines is 1. The van der Waals surface area contributed by atoms with Crippen molar-refractivity contribution < 1.29 is 13.2 Å². The maximum absolute atomic E-state index is 12.3. The number of carbonyl (C=O) groups is 1. The molecule has 0 saturated carbocycles. The van der Waals surface area contributed by atoms with Crippen molar-refractivity contribution in [2.24, 2.45) is 0 Å². The minimum absolute atomic E-state index is 0.162. The second-order valence-electron chi connectivity index (χ2n) is 6.24. The Balaban J connectivity index is 2.01. The zero-order valence-electron chi connectivity index (χ0n) is 14.8. The quantitative estimate of drug-likeness (QED) is 0.634. The predicted octanol–water partition coefficient (Wildman–Crippen LogP) is 4.45. The smallest absolute Gasteiger partial charge is 0.264 e. The number of aryl methyl sites for hydroxylation is 1. The topological polar surface area (TPSA) is 79.0 Å². The Morgan fingerprint density at radius 3 is 2.56 bits per heavy atom. The van der Waals surface area contributed by atoms with E-state index in [-0.39, 0.29) is 11.3 Å². The van der Waals surface area contributed by atoms with E-state index < -0.39 is 15.9 Å². The number of hydrogen-bond acceptors (Lipinski definition) is 3. The third kappa shape index (κ3) is 4.29. The molecule has 8 heteroatoms. The average Bonchev–Trinajstić information content (AvgIpc) is 2.91. The molecule has 3 aromatic rings. The summed E-state index contributed by atoms with van der Waals surface area (Å²) in [6, 6.07) is 10.4. The number of aromatic nitrogens is 1. The second kappa shape index (κ2) is 7.54. The number of nitrogens with one attached hydrogen (secondary N) is 2. The Hall–Kier alpha value is -2.02. The van der Waals surface area contributed by atoms with Gasteiger partial charge in [0, 0.05) is 38.6 Å². The highest BCUT2D eigenvalue weighted by Crippen LogP contribution is 2.29. The minimum Gasteiger partial charge on any atom is -0.358 e. The van der Waals surface area contributed by atoms with Gasteiger partial charge < -0.3 is 4.98 Å². The van der Waals surface area contributed by atoms with Crippen LogP contribution in [0, 0.1) is 6.92 Å². The fraction of sp³-hybridized carbons (Fsp3) is 0.211. The Kier molecular flexibility index (Phi) is 5.51. The Labute approximate surface area is 167 Å². The summed E-state index contributed by atoms with van der Waals surface area (Å²) >= 11 is 12.3. The van der Waals surface area contributed by atoms with Gasteiger partial charge in [-0.3, -0.25) is 4.79 Å². The van der Waals surface area contributed by atoms with E-state index in [0.29, 0.717) is 16.5 Å². The number of hydrogen-bond donors (Lipinski definition) is 2. The first-order valence-electron chi connectivity index (χ1n) is 8.30. The molecule has 1 aromatic heterocycles. The van der Waals surface area contributed by atoms with Gasteiger partial charge in [-0.25, -0.2) is 13.1 Å². The van der Waals surface area contributed by atoms with Gasteiger partial charge in [0.05, 0.1) is 5.75 Å². The highest BCUT2D eigenvalue weighted by Gasteiger charge is 2.17. The minimum atomic E-state index is -3.62. The van der Waals surface area contributed by atoms with Gasteiger partial charge in [-0.2, -0.15) is 0 Å². The van der Waals surface area contributed by atoms with Gasteiger partial charge in [-0.1, -0.05) is 29.3 Å². The molecule has 0 atom stereocenters. The molecule has 1 heterocycles. The lowest BCUT2D eigenvalue weighted by molar-refractivity contribution is 0.0981. The van der Waals surface area contributed by atoms with E-state index in [1.54, 1.807) is 30.3 Å². The van der Waals surface area contributed by atoms with Gasteiger partial charge in [0.2, 0.25) is 10.0 Å². The molecular formula is C19H18Cl2N2O3S. The largest absolute Gasteiger partial charge is 0.358 e. The number of H-pyrrole nitrogens is 1. The van der Waals surface area contributed by atoms with Gasteiger partial charge >= 0.3 is 0 Å². The maximum atomic E-state index is 12.3. The molecule has 1 amide bonds. The molecule has 0 aliphatic carbocycles. The third-order valence-electron chi connectivity index (χ3n) is 4.39. The monoisotopic (exact) mass is 424 g/mol. The van der Waals surface area contributed by atoms with Crippen LogP contribution < -0.4 is 4.72 Å². The molecule has 2 N–H and O–H groups in total. The Morgan fingerprint density at radius 1 is 1.15 bits per heavy atom. The van der Waals surface area contributed by atoms with Crippen LogP contribution in [-0.2, 0) is 16.4 Å². The van der Waals surface area contributed by atoms with Crippen molar-refractivity contribution in [3.05, 3.63) is 68.8 Å². The summed E-state index contributed by atoms with van der Waals surface area (Å²) < 4.78 is 25.4. The van der Waals surface area contributed by atoms with Crippen molar-refractivity contribution in [2.45, 2.75) is 20.3 Å². The zero-order valence-corrected chi connectivity index (χ0v) is 17.1. The van der Waals surface area contributed by atoms with E-state index in [0.717, 1.165) is 27.7 Å². The number of fused-ring (bicyclic) bond motifs is 1. The summed E-state index contributed by atoms with van der Waals surface area (Å²) in [6.45, 7) is 3.42.